The predicted octanol–water partition coefficient (Wildman–Crippen LogP) is -1.55. The van der Waals surface area contributed by atoms with E-state index in [1.807, 2.05) is 6.92 Å². The number of carbonyl (C=O) groups excluding carboxylic acids is 2. The average Bonchev–Trinajstić information content (AvgIpc) is 1.82. The van der Waals surface area contributed by atoms with Crippen LogP contribution in [0.1, 0.15) is 34.5 Å². The molecule has 0 aromatic rings. The van der Waals surface area contributed by atoms with Crippen molar-refractivity contribution in [1.82, 2.24) is 0 Å². The largest absolute Gasteiger partial charge is 1.00 e. The van der Waals surface area contributed by atoms with E-state index in [2.05, 4.69) is 0 Å². The minimum absolute atomic E-state index is 0. The molecule has 54 valence electrons. The first-order valence-electron chi connectivity index (χ1n) is 3.22. The Morgan fingerprint density at radius 1 is 1.40 bits per heavy atom. The minimum Gasteiger partial charge on any atom is -1.00 e. The van der Waals surface area contributed by atoms with E-state index >= 15 is 0 Å². The number of hydrogen-bond donors (Lipinski definition) is 0. The van der Waals surface area contributed by atoms with Crippen LogP contribution in [-0.2, 0) is 9.59 Å². The van der Waals surface area contributed by atoms with Crippen molar-refractivity contribution in [2.45, 2.75) is 33.1 Å². The van der Waals surface area contributed by atoms with E-state index in [0.717, 1.165) is 12.8 Å². The van der Waals surface area contributed by atoms with Crippen molar-refractivity contribution in [1.29, 1.82) is 0 Å². The van der Waals surface area contributed by atoms with Gasteiger partial charge in [-0.15, -0.1) is 0 Å². The summed E-state index contributed by atoms with van der Waals surface area (Å²) in [5.41, 5.74) is 0. The van der Waals surface area contributed by atoms with E-state index in [1.54, 1.807) is 0 Å². The second kappa shape index (κ2) is 7.05. The van der Waals surface area contributed by atoms with Gasteiger partial charge in [0, 0.05) is 13.3 Å². The normalized spacial score (nSPS) is 8.20. The number of ketones is 2. The molecule has 0 saturated carbocycles. The van der Waals surface area contributed by atoms with Crippen LogP contribution in [0.25, 0.3) is 0 Å². The van der Waals surface area contributed by atoms with Gasteiger partial charge in [0.05, 0.1) is 0 Å². The van der Waals surface area contributed by atoms with Gasteiger partial charge in [0.25, 0.3) is 0 Å². The number of hydrogen-bond acceptors (Lipinski definition) is 2. The molecule has 0 radical (unpaired) electrons. The Labute approximate surface area is 75.0 Å². The summed E-state index contributed by atoms with van der Waals surface area (Å²) in [7, 11) is 0. The molecule has 10 heavy (non-hydrogen) atoms. The Morgan fingerprint density at radius 3 is 2.20 bits per heavy atom. The summed E-state index contributed by atoms with van der Waals surface area (Å²) in [6, 6.07) is 0. The van der Waals surface area contributed by atoms with E-state index < -0.39 is 0 Å². The van der Waals surface area contributed by atoms with E-state index in [4.69, 9.17) is 0 Å². The van der Waals surface area contributed by atoms with Crippen LogP contribution in [0.5, 0.6) is 0 Å². The number of rotatable bonds is 4. The molecule has 0 aromatic carbocycles. The van der Waals surface area contributed by atoms with Gasteiger partial charge in [0.15, 0.2) is 11.6 Å². The van der Waals surface area contributed by atoms with Crippen LogP contribution < -0.4 is 18.9 Å². The molecule has 0 aromatic heterocycles. The fourth-order valence-electron chi connectivity index (χ4n) is 0.513. The number of carbonyl (C=O) groups is 2. The van der Waals surface area contributed by atoms with Crippen molar-refractivity contribution in [3.05, 3.63) is 0 Å². The third kappa shape index (κ3) is 6.06. The van der Waals surface area contributed by atoms with Crippen LogP contribution in [0.2, 0.25) is 0 Å². The molecular formula is C7H13LiO2. The number of Topliss-reactive ketones (excluding diaryl/α,β-unsaturated/α-hetero) is 2. The first-order chi connectivity index (χ1) is 4.18. The Balaban J connectivity index is -0.000000320. The van der Waals surface area contributed by atoms with Gasteiger partial charge in [-0.3, -0.25) is 9.59 Å². The maximum absolute atomic E-state index is 10.6. The van der Waals surface area contributed by atoms with E-state index in [0.29, 0.717) is 6.42 Å². The SMILES string of the molecule is CCCCC(=O)C(C)=O.[H-].[Li+]. The molecule has 0 atom stereocenters. The van der Waals surface area contributed by atoms with Gasteiger partial charge in [0.1, 0.15) is 0 Å². The van der Waals surface area contributed by atoms with Crippen LogP contribution in [0.15, 0.2) is 0 Å². The zero-order valence-electron chi connectivity index (χ0n) is 7.94. The average molecular weight is 136 g/mol. The molecule has 0 aliphatic heterocycles. The Bertz CT molecular complexity index is 126. The van der Waals surface area contributed by atoms with Crippen molar-refractivity contribution in [2.75, 3.05) is 0 Å². The minimum atomic E-state index is -0.316. The van der Waals surface area contributed by atoms with Gasteiger partial charge in [-0.05, 0) is 6.42 Å². The summed E-state index contributed by atoms with van der Waals surface area (Å²) in [6.45, 7) is 3.31. The van der Waals surface area contributed by atoms with Gasteiger partial charge in [-0.1, -0.05) is 13.3 Å². The Kier molecular flexibility index (Phi) is 8.88. The fourth-order valence-corrected chi connectivity index (χ4v) is 0.513. The van der Waals surface area contributed by atoms with Gasteiger partial charge in [-0.25, -0.2) is 0 Å². The first kappa shape index (κ1) is 12.6. The molecule has 0 amide bonds. The van der Waals surface area contributed by atoms with Crippen LogP contribution in [-0.4, -0.2) is 11.6 Å². The zero-order chi connectivity index (χ0) is 7.28. The van der Waals surface area contributed by atoms with Crippen LogP contribution in [0, 0.1) is 0 Å². The summed E-state index contributed by atoms with van der Waals surface area (Å²) in [6.07, 6.45) is 2.23. The maximum Gasteiger partial charge on any atom is 1.00 e. The van der Waals surface area contributed by atoms with Crippen molar-refractivity contribution < 1.29 is 29.9 Å². The van der Waals surface area contributed by atoms with Crippen LogP contribution in [0.4, 0.5) is 0 Å². The molecule has 0 rings (SSSR count). The van der Waals surface area contributed by atoms with Crippen molar-refractivity contribution in [2.24, 2.45) is 0 Å². The quantitative estimate of drug-likeness (QED) is 0.346. The predicted molar refractivity (Wildman–Crippen MR) is 36.3 cm³/mol. The molecule has 3 heteroatoms. The van der Waals surface area contributed by atoms with Gasteiger partial charge in [-0.2, -0.15) is 0 Å². The van der Waals surface area contributed by atoms with Crippen molar-refractivity contribution in [3.63, 3.8) is 0 Å². The van der Waals surface area contributed by atoms with Gasteiger partial charge < -0.3 is 1.43 Å². The second-order valence-corrected chi connectivity index (χ2v) is 2.08. The van der Waals surface area contributed by atoms with Gasteiger partial charge in [0.2, 0.25) is 0 Å². The van der Waals surface area contributed by atoms with E-state index in [9.17, 15) is 9.59 Å². The molecule has 0 saturated heterocycles. The van der Waals surface area contributed by atoms with Crippen molar-refractivity contribution in [3.8, 4) is 0 Å². The topological polar surface area (TPSA) is 34.1 Å². The first-order valence-corrected chi connectivity index (χ1v) is 3.22. The molecule has 2 nitrogen and oxygen atoms in total. The van der Waals surface area contributed by atoms with Crippen LogP contribution in [0.3, 0.4) is 0 Å². The van der Waals surface area contributed by atoms with Gasteiger partial charge >= 0.3 is 18.9 Å². The molecule has 0 heterocycles. The Hall–Kier alpha value is -0.0626. The molecule has 0 fully saturated rings. The molecule has 0 bridgehead atoms. The molecule has 0 aliphatic carbocycles. The maximum atomic E-state index is 10.6. The third-order valence-corrected chi connectivity index (χ3v) is 1.15. The summed E-state index contributed by atoms with van der Waals surface area (Å²) in [5, 5.41) is 0. The van der Waals surface area contributed by atoms with E-state index in [1.165, 1.54) is 6.92 Å². The second-order valence-electron chi connectivity index (χ2n) is 2.08. The molecule has 0 N–H and O–H groups in total. The van der Waals surface area contributed by atoms with E-state index in [-0.39, 0.29) is 31.9 Å². The Morgan fingerprint density at radius 2 is 1.90 bits per heavy atom. The molecule has 0 aliphatic rings. The zero-order valence-corrected chi connectivity index (χ0v) is 6.94. The summed E-state index contributed by atoms with van der Waals surface area (Å²) < 4.78 is 0. The molecule has 0 spiro atoms. The summed E-state index contributed by atoms with van der Waals surface area (Å²) >= 11 is 0. The van der Waals surface area contributed by atoms with Crippen molar-refractivity contribution >= 4 is 11.6 Å². The standard InChI is InChI=1S/C7H12O2.Li.H/c1-3-4-5-7(9)6(2)8;;/h3-5H2,1-2H3;;/q;+1;-1. The molecular weight excluding hydrogens is 123 g/mol. The number of unbranched alkanes of at least 4 members (excludes halogenated alkanes) is 1. The third-order valence-electron chi connectivity index (χ3n) is 1.15. The van der Waals surface area contributed by atoms with Crippen LogP contribution >= 0.6 is 0 Å². The fraction of sp³-hybridized carbons (Fsp3) is 0.714. The smallest absolute Gasteiger partial charge is 1.00 e. The summed E-state index contributed by atoms with van der Waals surface area (Å²) in [5.74, 6) is -0.555. The monoisotopic (exact) mass is 136 g/mol. The molecule has 0 unspecified atom stereocenters. The summed E-state index contributed by atoms with van der Waals surface area (Å²) in [4.78, 5) is 20.9.